The normalized spacial score (nSPS) is 7.80. The lowest BCUT2D eigenvalue weighted by atomic mass is 10.1. The third-order valence-corrected chi connectivity index (χ3v) is 1.09. The lowest BCUT2D eigenvalue weighted by molar-refractivity contribution is 0.683. The van der Waals surface area contributed by atoms with Crippen molar-refractivity contribution in [2.75, 3.05) is 0 Å². The minimum absolute atomic E-state index is 0.430. The molecular formula is C7H7N3. The highest BCUT2D eigenvalue weighted by Gasteiger charge is 2.02. The zero-order valence-corrected chi connectivity index (χ0v) is 5.54. The Morgan fingerprint density at radius 1 is 1.10 bits per heavy atom. The van der Waals surface area contributed by atoms with E-state index >= 15 is 0 Å². The van der Waals surface area contributed by atoms with Gasteiger partial charge in [-0.15, -0.1) is 0 Å². The summed E-state index contributed by atoms with van der Waals surface area (Å²) in [5, 5.41) is 24.6. The first-order valence-corrected chi connectivity index (χ1v) is 3.01. The van der Waals surface area contributed by atoms with Crippen molar-refractivity contribution in [1.29, 1.82) is 15.8 Å². The van der Waals surface area contributed by atoms with Crippen LogP contribution in [0.3, 0.4) is 0 Å². The van der Waals surface area contributed by atoms with Crippen molar-refractivity contribution < 1.29 is 0 Å². The van der Waals surface area contributed by atoms with E-state index in [4.69, 9.17) is 15.8 Å². The van der Waals surface area contributed by atoms with Gasteiger partial charge in [-0.2, -0.15) is 15.8 Å². The van der Waals surface area contributed by atoms with Crippen molar-refractivity contribution in [3.8, 4) is 18.2 Å². The highest BCUT2D eigenvalue weighted by atomic mass is 14.3. The molecule has 0 aliphatic carbocycles. The summed E-state index contributed by atoms with van der Waals surface area (Å²) in [6.45, 7) is 0. The van der Waals surface area contributed by atoms with Crippen molar-refractivity contribution in [3.63, 3.8) is 0 Å². The van der Waals surface area contributed by atoms with Gasteiger partial charge in [0.15, 0.2) is 0 Å². The molecule has 0 saturated heterocycles. The summed E-state index contributed by atoms with van der Waals surface area (Å²) in [6.07, 6.45) is 1.59. The minimum Gasteiger partial charge on any atom is -0.198 e. The number of rotatable bonds is 3. The molecule has 3 heteroatoms. The van der Waals surface area contributed by atoms with Crippen molar-refractivity contribution in [3.05, 3.63) is 0 Å². The van der Waals surface area contributed by atoms with Crippen LogP contribution in [0.25, 0.3) is 0 Å². The highest BCUT2D eigenvalue weighted by Crippen LogP contribution is 2.04. The fourth-order valence-electron chi connectivity index (χ4n) is 0.543. The van der Waals surface area contributed by atoms with Gasteiger partial charge in [-0.1, -0.05) is 0 Å². The molecule has 0 aliphatic heterocycles. The molecular weight excluding hydrogens is 126 g/mol. The molecule has 0 heterocycles. The lowest BCUT2D eigenvalue weighted by Gasteiger charge is -1.92. The van der Waals surface area contributed by atoms with E-state index in [2.05, 4.69) is 0 Å². The van der Waals surface area contributed by atoms with E-state index in [1.54, 1.807) is 0 Å². The fourth-order valence-corrected chi connectivity index (χ4v) is 0.543. The number of hydrogen-bond acceptors (Lipinski definition) is 3. The standard InChI is InChI=1S/C7H7N3/c8-4-2-1-3-7(5-9)6-10/h7H,1-3H2. The third-order valence-electron chi connectivity index (χ3n) is 1.09. The lowest BCUT2D eigenvalue weighted by Crippen LogP contribution is -1.91. The molecule has 0 fully saturated rings. The van der Waals surface area contributed by atoms with E-state index in [9.17, 15) is 0 Å². The van der Waals surface area contributed by atoms with Crippen molar-refractivity contribution in [1.82, 2.24) is 0 Å². The van der Waals surface area contributed by atoms with Crippen LogP contribution in [0.5, 0.6) is 0 Å². The molecule has 10 heavy (non-hydrogen) atoms. The summed E-state index contributed by atoms with van der Waals surface area (Å²) in [5.41, 5.74) is 0. The van der Waals surface area contributed by atoms with Gasteiger partial charge >= 0.3 is 0 Å². The van der Waals surface area contributed by atoms with Crippen molar-refractivity contribution >= 4 is 0 Å². The molecule has 50 valence electrons. The number of unbranched alkanes of at least 4 members (excludes halogenated alkanes) is 1. The van der Waals surface area contributed by atoms with Crippen LogP contribution in [0.1, 0.15) is 19.3 Å². The Morgan fingerprint density at radius 3 is 2.10 bits per heavy atom. The van der Waals surface area contributed by atoms with Gasteiger partial charge in [-0.3, -0.25) is 0 Å². The van der Waals surface area contributed by atoms with Crippen LogP contribution in [-0.4, -0.2) is 0 Å². The average Bonchev–Trinajstić information content (AvgIpc) is 1.99. The van der Waals surface area contributed by atoms with E-state index in [0.717, 1.165) is 0 Å². The molecule has 0 rings (SSSR count). The van der Waals surface area contributed by atoms with Crippen LogP contribution in [0.4, 0.5) is 0 Å². The first-order chi connectivity index (χ1) is 4.85. The average molecular weight is 133 g/mol. The molecule has 0 radical (unpaired) electrons. The molecule has 0 aromatic heterocycles. The summed E-state index contributed by atoms with van der Waals surface area (Å²) in [5.74, 6) is -0.534. The number of hydrogen-bond donors (Lipinski definition) is 0. The first-order valence-electron chi connectivity index (χ1n) is 3.01. The van der Waals surface area contributed by atoms with E-state index in [1.165, 1.54) is 0 Å². The van der Waals surface area contributed by atoms with Gasteiger partial charge in [-0.05, 0) is 12.8 Å². The summed E-state index contributed by atoms with van der Waals surface area (Å²) in [6, 6.07) is 5.63. The highest BCUT2D eigenvalue weighted by molar-refractivity contribution is 4.98. The Kier molecular flexibility index (Phi) is 4.75. The van der Waals surface area contributed by atoms with Crippen LogP contribution in [0.15, 0.2) is 0 Å². The Bertz CT molecular complexity index is 186. The summed E-state index contributed by atoms with van der Waals surface area (Å²) in [7, 11) is 0. The molecule has 0 saturated carbocycles. The Labute approximate surface area is 60.1 Å². The second-order valence-corrected chi connectivity index (χ2v) is 1.86. The molecule has 0 N–H and O–H groups in total. The van der Waals surface area contributed by atoms with E-state index in [0.29, 0.717) is 19.3 Å². The number of nitrogens with zero attached hydrogens (tertiary/aromatic N) is 3. The fraction of sp³-hybridized carbons (Fsp3) is 0.571. The molecule has 0 aromatic carbocycles. The van der Waals surface area contributed by atoms with Gasteiger partial charge in [0.1, 0.15) is 5.92 Å². The van der Waals surface area contributed by atoms with Gasteiger partial charge in [0.05, 0.1) is 18.2 Å². The van der Waals surface area contributed by atoms with Crippen LogP contribution >= 0.6 is 0 Å². The molecule has 0 unspecified atom stereocenters. The van der Waals surface area contributed by atoms with Crippen molar-refractivity contribution in [2.45, 2.75) is 19.3 Å². The van der Waals surface area contributed by atoms with Crippen molar-refractivity contribution in [2.24, 2.45) is 5.92 Å². The van der Waals surface area contributed by atoms with Gasteiger partial charge in [0.2, 0.25) is 0 Å². The van der Waals surface area contributed by atoms with Gasteiger partial charge in [0.25, 0.3) is 0 Å². The van der Waals surface area contributed by atoms with Crippen LogP contribution in [-0.2, 0) is 0 Å². The second-order valence-electron chi connectivity index (χ2n) is 1.86. The van der Waals surface area contributed by atoms with Crippen LogP contribution < -0.4 is 0 Å². The zero-order valence-electron chi connectivity index (χ0n) is 5.54. The molecule has 0 aliphatic rings. The Balaban J connectivity index is 3.43. The first kappa shape index (κ1) is 8.47. The van der Waals surface area contributed by atoms with Gasteiger partial charge in [0, 0.05) is 6.42 Å². The zero-order chi connectivity index (χ0) is 7.82. The third kappa shape index (κ3) is 3.47. The Hall–Kier alpha value is -1.53. The SMILES string of the molecule is N#CCCCC(C#N)C#N. The second kappa shape index (κ2) is 5.60. The predicted octanol–water partition coefficient (Wildman–Crippen LogP) is 1.34. The van der Waals surface area contributed by atoms with E-state index in [-0.39, 0.29) is 0 Å². The van der Waals surface area contributed by atoms with Gasteiger partial charge in [-0.25, -0.2) is 0 Å². The maximum absolute atomic E-state index is 8.27. The summed E-state index contributed by atoms with van der Waals surface area (Å²) >= 11 is 0. The largest absolute Gasteiger partial charge is 0.198 e. The van der Waals surface area contributed by atoms with E-state index in [1.807, 2.05) is 18.2 Å². The molecule has 3 nitrogen and oxygen atoms in total. The maximum atomic E-state index is 8.27. The molecule has 0 aromatic rings. The Morgan fingerprint density at radius 2 is 1.70 bits per heavy atom. The van der Waals surface area contributed by atoms with Crippen LogP contribution in [0, 0.1) is 39.9 Å². The minimum atomic E-state index is -0.534. The molecule has 0 amide bonds. The maximum Gasteiger partial charge on any atom is 0.133 e. The summed E-state index contributed by atoms with van der Waals surface area (Å²) in [4.78, 5) is 0. The molecule has 0 bridgehead atoms. The molecule has 0 atom stereocenters. The summed E-state index contributed by atoms with van der Waals surface area (Å²) < 4.78 is 0. The molecule has 0 spiro atoms. The van der Waals surface area contributed by atoms with Crippen LogP contribution in [0.2, 0.25) is 0 Å². The van der Waals surface area contributed by atoms with E-state index < -0.39 is 5.92 Å². The quantitative estimate of drug-likeness (QED) is 0.545. The smallest absolute Gasteiger partial charge is 0.133 e. The monoisotopic (exact) mass is 133 g/mol. The topological polar surface area (TPSA) is 71.4 Å². The van der Waals surface area contributed by atoms with Gasteiger partial charge < -0.3 is 0 Å². The number of nitriles is 3. The predicted molar refractivity (Wildman–Crippen MR) is 34.2 cm³/mol.